The number of piperidine rings is 1. The monoisotopic (exact) mass is 478 g/mol. The number of imide groups is 1. The molecule has 4 amide bonds. The molecule has 2 aromatic carbocycles. The van der Waals surface area contributed by atoms with Gasteiger partial charge < -0.3 is 15.1 Å². The molecule has 9 nitrogen and oxygen atoms in total. The Balaban J connectivity index is 1.50. The summed E-state index contributed by atoms with van der Waals surface area (Å²) in [4.78, 5) is 54.5. The average Bonchev–Trinajstić information content (AvgIpc) is 3.38. The Morgan fingerprint density at radius 3 is 2.65 bits per heavy atom. The van der Waals surface area contributed by atoms with E-state index in [9.17, 15) is 19.2 Å². The van der Waals surface area contributed by atoms with Crippen molar-refractivity contribution in [3.8, 4) is 22.8 Å². The molecule has 3 aromatic rings. The van der Waals surface area contributed by atoms with Crippen molar-refractivity contribution < 1.29 is 23.6 Å². The molecule has 2 aliphatic rings. The van der Waals surface area contributed by atoms with Crippen molar-refractivity contribution in [3.63, 3.8) is 0 Å². The molecule has 0 radical (unpaired) electrons. The number of halogens is 1. The van der Waals surface area contributed by atoms with E-state index in [-0.39, 0.29) is 48.5 Å². The first-order valence-corrected chi connectivity index (χ1v) is 11.0. The number of nitrogens with one attached hydrogen (secondary N) is 1. The van der Waals surface area contributed by atoms with E-state index in [0.29, 0.717) is 27.3 Å². The van der Waals surface area contributed by atoms with Crippen LogP contribution in [0, 0.1) is 6.92 Å². The van der Waals surface area contributed by atoms with Gasteiger partial charge in [0.15, 0.2) is 11.5 Å². The first-order valence-electron chi connectivity index (χ1n) is 10.6. The molecule has 10 heteroatoms. The molecule has 1 saturated heterocycles. The Morgan fingerprint density at radius 2 is 1.94 bits per heavy atom. The maximum atomic E-state index is 12.9. The molecule has 0 aliphatic carbocycles. The fourth-order valence-electron chi connectivity index (χ4n) is 4.25. The second-order valence-corrected chi connectivity index (χ2v) is 8.70. The van der Waals surface area contributed by atoms with Crippen LogP contribution >= 0.6 is 11.6 Å². The van der Waals surface area contributed by atoms with E-state index < -0.39 is 17.9 Å². The number of aromatic nitrogens is 1. The summed E-state index contributed by atoms with van der Waals surface area (Å²) >= 11 is 6.22. The Hall–Kier alpha value is -3.98. The molecule has 3 N–H and O–H groups in total. The van der Waals surface area contributed by atoms with Crippen molar-refractivity contribution >= 4 is 35.2 Å². The van der Waals surface area contributed by atoms with Crippen LogP contribution in [0.5, 0.6) is 0 Å². The summed E-state index contributed by atoms with van der Waals surface area (Å²) in [5, 5.41) is 2.81. The Bertz CT molecular complexity index is 1400. The summed E-state index contributed by atoms with van der Waals surface area (Å²) in [5.74, 6) is -1.52. The molecule has 34 heavy (non-hydrogen) atoms. The third-order valence-electron chi connectivity index (χ3n) is 6.07. The molecule has 0 spiro atoms. The Labute approximate surface area is 198 Å². The highest BCUT2D eigenvalue weighted by molar-refractivity contribution is 6.31. The summed E-state index contributed by atoms with van der Waals surface area (Å²) in [6.07, 6.45) is 0.446. The molecule has 2 aliphatic heterocycles. The highest BCUT2D eigenvalue weighted by atomic mass is 35.5. The highest BCUT2D eigenvalue weighted by Crippen LogP contribution is 2.35. The van der Waals surface area contributed by atoms with Crippen LogP contribution in [0.2, 0.25) is 5.02 Å². The number of rotatable bonds is 4. The first kappa shape index (κ1) is 21.8. The van der Waals surface area contributed by atoms with Crippen LogP contribution in [0.15, 0.2) is 40.8 Å². The minimum atomic E-state index is -0.759. The number of primary amides is 1. The second-order valence-electron chi connectivity index (χ2n) is 8.30. The van der Waals surface area contributed by atoms with E-state index in [1.165, 1.54) is 4.90 Å². The topological polar surface area (TPSA) is 136 Å². The number of nitrogens with zero attached hydrogens (tertiary/aromatic N) is 2. The zero-order valence-corrected chi connectivity index (χ0v) is 18.8. The van der Waals surface area contributed by atoms with Gasteiger partial charge in [0.2, 0.25) is 17.7 Å². The number of amides is 4. The number of carbonyl (C=O) groups is 4. The molecule has 0 saturated carbocycles. The molecule has 172 valence electrons. The van der Waals surface area contributed by atoms with Gasteiger partial charge in [-0.1, -0.05) is 23.7 Å². The molecular weight excluding hydrogens is 460 g/mol. The summed E-state index contributed by atoms with van der Waals surface area (Å²) < 4.78 is 5.93. The molecule has 1 atom stereocenters. The normalized spacial score (nSPS) is 17.6. The first-order chi connectivity index (χ1) is 16.2. The van der Waals surface area contributed by atoms with E-state index in [1.807, 2.05) is 13.0 Å². The number of aryl methyl sites for hydroxylation is 1. The standard InChI is InChI=1S/C24H19ClN4O5/c1-11-2-3-13(9-16(11)25)23-28-19(21(26)31)20(34-23)12-4-5-15-14(8-12)10-29(24(15)33)17-6-7-18(30)27-22(17)32/h2-5,8-9,17H,6-7,10H2,1H3,(H2,26,31)(H,27,30,32). The van der Waals surface area contributed by atoms with Crippen molar-refractivity contribution in [2.45, 2.75) is 32.4 Å². The van der Waals surface area contributed by atoms with Crippen molar-refractivity contribution in [3.05, 3.63) is 63.8 Å². The van der Waals surface area contributed by atoms with Gasteiger partial charge in [-0.15, -0.1) is 0 Å². The molecule has 0 bridgehead atoms. The van der Waals surface area contributed by atoms with Gasteiger partial charge in [0.25, 0.3) is 11.8 Å². The SMILES string of the molecule is Cc1ccc(-c2nc(C(N)=O)c(-c3ccc4c(c3)CN(C3CCC(=O)NC3=O)C4=O)o2)cc1Cl. The maximum absolute atomic E-state index is 12.9. The minimum Gasteiger partial charge on any atom is -0.435 e. The summed E-state index contributed by atoms with van der Waals surface area (Å²) in [6.45, 7) is 2.06. The van der Waals surface area contributed by atoms with Gasteiger partial charge in [-0.2, -0.15) is 0 Å². The summed E-state index contributed by atoms with van der Waals surface area (Å²) in [7, 11) is 0. The minimum absolute atomic E-state index is 0.0435. The van der Waals surface area contributed by atoms with Crippen LogP contribution in [-0.2, 0) is 16.1 Å². The van der Waals surface area contributed by atoms with Gasteiger partial charge in [0, 0.05) is 34.7 Å². The van der Waals surface area contributed by atoms with Gasteiger partial charge in [-0.05, 0) is 48.7 Å². The molecule has 3 heterocycles. The number of nitrogens with two attached hydrogens (primary N) is 1. The lowest BCUT2D eigenvalue weighted by atomic mass is 10.0. The molecule has 1 aromatic heterocycles. The average molecular weight is 479 g/mol. The molecule has 1 fully saturated rings. The predicted octanol–water partition coefficient (Wildman–Crippen LogP) is 2.83. The van der Waals surface area contributed by atoms with Crippen LogP contribution in [0.3, 0.4) is 0 Å². The van der Waals surface area contributed by atoms with Gasteiger partial charge in [-0.3, -0.25) is 24.5 Å². The lowest BCUT2D eigenvalue weighted by Crippen LogP contribution is -2.52. The van der Waals surface area contributed by atoms with Crippen LogP contribution < -0.4 is 11.1 Å². The molecular formula is C24H19ClN4O5. The maximum Gasteiger partial charge on any atom is 0.271 e. The van der Waals surface area contributed by atoms with Crippen molar-refractivity contribution in [2.24, 2.45) is 5.73 Å². The lowest BCUT2D eigenvalue weighted by Gasteiger charge is -2.29. The van der Waals surface area contributed by atoms with Crippen molar-refractivity contribution in [2.75, 3.05) is 0 Å². The van der Waals surface area contributed by atoms with Gasteiger partial charge in [0.1, 0.15) is 6.04 Å². The Kier molecular flexibility index (Phi) is 5.21. The third-order valence-corrected chi connectivity index (χ3v) is 6.47. The lowest BCUT2D eigenvalue weighted by molar-refractivity contribution is -0.136. The van der Waals surface area contributed by atoms with Crippen LogP contribution in [0.1, 0.15) is 44.8 Å². The number of fused-ring (bicyclic) bond motifs is 1. The zero-order valence-electron chi connectivity index (χ0n) is 18.1. The number of hydrogen-bond donors (Lipinski definition) is 2. The number of carbonyl (C=O) groups excluding carboxylic acids is 4. The number of hydrogen-bond acceptors (Lipinski definition) is 6. The van der Waals surface area contributed by atoms with Crippen LogP contribution in [-0.4, -0.2) is 39.6 Å². The fraction of sp³-hybridized carbons (Fsp3) is 0.208. The van der Waals surface area contributed by atoms with Gasteiger partial charge in [-0.25, -0.2) is 4.98 Å². The van der Waals surface area contributed by atoms with Gasteiger partial charge >= 0.3 is 0 Å². The fourth-order valence-corrected chi connectivity index (χ4v) is 4.43. The zero-order chi connectivity index (χ0) is 24.1. The molecule has 5 rings (SSSR count). The van der Waals surface area contributed by atoms with E-state index in [0.717, 1.165) is 5.56 Å². The van der Waals surface area contributed by atoms with E-state index in [2.05, 4.69) is 10.3 Å². The second kappa shape index (κ2) is 8.11. The predicted molar refractivity (Wildman–Crippen MR) is 122 cm³/mol. The largest absolute Gasteiger partial charge is 0.435 e. The summed E-state index contributed by atoms with van der Waals surface area (Å²) in [6, 6.07) is 9.55. The van der Waals surface area contributed by atoms with E-state index in [1.54, 1.807) is 30.3 Å². The Morgan fingerprint density at radius 1 is 1.18 bits per heavy atom. The summed E-state index contributed by atoms with van der Waals surface area (Å²) in [5.41, 5.74) is 8.61. The number of benzene rings is 2. The third kappa shape index (κ3) is 3.63. The van der Waals surface area contributed by atoms with Gasteiger partial charge in [0.05, 0.1) is 0 Å². The number of oxazole rings is 1. The molecule has 1 unspecified atom stereocenters. The quantitative estimate of drug-likeness (QED) is 0.553. The van der Waals surface area contributed by atoms with Crippen molar-refractivity contribution in [1.82, 2.24) is 15.2 Å². The highest BCUT2D eigenvalue weighted by Gasteiger charge is 2.39. The van der Waals surface area contributed by atoms with E-state index in [4.69, 9.17) is 21.8 Å². The van der Waals surface area contributed by atoms with Crippen LogP contribution in [0.4, 0.5) is 0 Å². The van der Waals surface area contributed by atoms with Crippen LogP contribution in [0.25, 0.3) is 22.8 Å². The van der Waals surface area contributed by atoms with E-state index >= 15 is 0 Å². The van der Waals surface area contributed by atoms with Crippen molar-refractivity contribution in [1.29, 1.82) is 0 Å². The smallest absolute Gasteiger partial charge is 0.271 e.